The van der Waals surface area contributed by atoms with E-state index < -0.39 is 10.0 Å². The van der Waals surface area contributed by atoms with Crippen LogP contribution in [-0.2, 0) is 14.8 Å². The molecule has 0 atom stereocenters. The van der Waals surface area contributed by atoms with Crippen molar-refractivity contribution in [2.45, 2.75) is 9.79 Å². The van der Waals surface area contributed by atoms with Gasteiger partial charge in [0.15, 0.2) is 0 Å². The first-order valence-corrected chi connectivity index (χ1v) is 12.4. The van der Waals surface area contributed by atoms with Gasteiger partial charge in [0.25, 0.3) is 15.9 Å². The number of hydrogen-bond donors (Lipinski definition) is 1. The van der Waals surface area contributed by atoms with Gasteiger partial charge in [0, 0.05) is 30.1 Å². The molecular formula is C20H23ClN2O6S2. The van der Waals surface area contributed by atoms with Crippen molar-refractivity contribution in [2.75, 3.05) is 51.5 Å². The molecular weight excluding hydrogens is 464 g/mol. The van der Waals surface area contributed by atoms with Gasteiger partial charge in [0.1, 0.15) is 11.5 Å². The zero-order valence-corrected chi connectivity index (χ0v) is 19.7. The lowest BCUT2D eigenvalue weighted by atomic mass is 10.2. The van der Waals surface area contributed by atoms with Gasteiger partial charge in [-0.2, -0.15) is 0 Å². The number of nitrogens with zero attached hydrogens (tertiary/aromatic N) is 1. The number of rotatable bonds is 7. The quantitative estimate of drug-likeness (QED) is 0.599. The second kappa shape index (κ2) is 9.99. The molecule has 0 aromatic heterocycles. The van der Waals surface area contributed by atoms with Crippen molar-refractivity contribution in [3.63, 3.8) is 0 Å². The molecule has 1 N–H and O–H groups in total. The fourth-order valence-electron chi connectivity index (χ4n) is 3.10. The highest BCUT2D eigenvalue weighted by atomic mass is 35.5. The first-order valence-electron chi connectivity index (χ1n) is 9.30. The third kappa shape index (κ3) is 5.20. The predicted octanol–water partition coefficient (Wildman–Crippen LogP) is 3.35. The minimum atomic E-state index is -4.03. The van der Waals surface area contributed by atoms with Crippen LogP contribution in [0.15, 0.2) is 40.1 Å². The number of morpholine rings is 1. The van der Waals surface area contributed by atoms with Crippen molar-refractivity contribution in [3.05, 3.63) is 40.9 Å². The van der Waals surface area contributed by atoms with Crippen LogP contribution in [0.2, 0.25) is 5.02 Å². The van der Waals surface area contributed by atoms with Crippen molar-refractivity contribution in [1.29, 1.82) is 0 Å². The van der Waals surface area contributed by atoms with Crippen LogP contribution >= 0.6 is 23.4 Å². The smallest absolute Gasteiger partial charge is 0.262 e. The number of sulfonamides is 1. The number of hydrogen-bond acceptors (Lipinski definition) is 7. The maximum absolute atomic E-state index is 13.1. The summed E-state index contributed by atoms with van der Waals surface area (Å²) in [5, 5.41) is 0.282. The summed E-state index contributed by atoms with van der Waals surface area (Å²) < 4.78 is 44.4. The number of amides is 1. The monoisotopic (exact) mass is 486 g/mol. The van der Waals surface area contributed by atoms with Crippen LogP contribution in [-0.4, -0.2) is 66.0 Å². The Bertz CT molecular complexity index is 1070. The van der Waals surface area contributed by atoms with Crippen LogP contribution in [0.4, 0.5) is 5.69 Å². The Hall–Kier alpha value is -2.14. The molecule has 2 aromatic carbocycles. The largest absolute Gasteiger partial charge is 0.495 e. The van der Waals surface area contributed by atoms with E-state index in [-0.39, 0.29) is 27.3 Å². The topological polar surface area (TPSA) is 94.2 Å². The second-order valence-electron chi connectivity index (χ2n) is 6.56. The Labute approximate surface area is 190 Å². The van der Waals surface area contributed by atoms with Crippen LogP contribution in [0.25, 0.3) is 0 Å². The molecule has 1 amide bonds. The van der Waals surface area contributed by atoms with Crippen LogP contribution in [0.5, 0.6) is 11.5 Å². The van der Waals surface area contributed by atoms with Crippen molar-refractivity contribution >= 4 is 45.0 Å². The molecule has 31 heavy (non-hydrogen) atoms. The summed E-state index contributed by atoms with van der Waals surface area (Å²) in [5.41, 5.74) is 0.497. The average molecular weight is 487 g/mol. The van der Waals surface area contributed by atoms with E-state index in [2.05, 4.69) is 4.72 Å². The maximum Gasteiger partial charge on any atom is 0.262 e. The van der Waals surface area contributed by atoms with Crippen molar-refractivity contribution in [2.24, 2.45) is 0 Å². The summed E-state index contributed by atoms with van der Waals surface area (Å²) in [5.74, 6) is 0.302. The standard InChI is InChI=1S/C20H23ClN2O6S2/c1-27-17-12-16(18(28-2)11-15(17)21)22-31(25,26)13-4-5-19(30-3)14(10-13)20(24)23-6-8-29-9-7-23/h4-5,10-12,22H,6-9H2,1-3H3. The molecule has 3 rings (SSSR count). The molecule has 1 aliphatic rings. The number of methoxy groups -OCH3 is 2. The fraction of sp³-hybridized carbons (Fsp3) is 0.350. The Balaban J connectivity index is 1.97. The van der Waals surface area contributed by atoms with E-state index in [9.17, 15) is 13.2 Å². The van der Waals surface area contributed by atoms with Gasteiger partial charge in [-0.15, -0.1) is 11.8 Å². The van der Waals surface area contributed by atoms with Crippen molar-refractivity contribution in [3.8, 4) is 11.5 Å². The summed E-state index contributed by atoms with van der Waals surface area (Å²) in [6.45, 7) is 1.84. The number of ether oxygens (including phenoxy) is 3. The van der Waals surface area contributed by atoms with Crippen molar-refractivity contribution in [1.82, 2.24) is 4.90 Å². The lowest BCUT2D eigenvalue weighted by Crippen LogP contribution is -2.41. The molecule has 11 heteroatoms. The molecule has 168 valence electrons. The normalized spacial score (nSPS) is 14.3. The molecule has 1 saturated heterocycles. The van der Waals surface area contributed by atoms with Gasteiger partial charge in [-0.05, 0) is 24.5 Å². The van der Waals surface area contributed by atoms with Gasteiger partial charge in [-0.3, -0.25) is 9.52 Å². The summed E-state index contributed by atoms with van der Waals surface area (Å²) in [6, 6.07) is 7.39. The highest BCUT2D eigenvalue weighted by Gasteiger charge is 2.25. The number of carbonyl (C=O) groups is 1. The third-order valence-electron chi connectivity index (χ3n) is 4.73. The average Bonchev–Trinajstić information content (AvgIpc) is 2.79. The molecule has 0 spiro atoms. The zero-order chi connectivity index (χ0) is 22.6. The van der Waals surface area contributed by atoms with Crippen LogP contribution in [0.3, 0.4) is 0 Å². The van der Waals surface area contributed by atoms with E-state index in [1.807, 2.05) is 6.26 Å². The lowest BCUT2D eigenvalue weighted by Gasteiger charge is -2.27. The van der Waals surface area contributed by atoms with Crippen LogP contribution < -0.4 is 14.2 Å². The summed E-state index contributed by atoms with van der Waals surface area (Å²) in [7, 11) is -1.20. The Kier molecular flexibility index (Phi) is 7.58. The minimum Gasteiger partial charge on any atom is -0.495 e. The van der Waals surface area contributed by atoms with Crippen molar-refractivity contribution < 1.29 is 27.4 Å². The molecule has 0 bridgehead atoms. The first-order chi connectivity index (χ1) is 14.8. The molecule has 0 saturated carbocycles. The maximum atomic E-state index is 13.1. The van der Waals surface area contributed by atoms with Gasteiger partial charge in [0.2, 0.25) is 0 Å². The predicted molar refractivity (Wildman–Crippen MR) is 120 cm³/mol. The van der Waals surface area contributed by atoms with Gasteiger partial charge in [-0.25, -0.2) is 8.42 Å². The molecule has 0 aliphatic carbocycles. The minimum absolute atomic E-state index is 0.0436. The van der Waals surface area contributed by atoms with E-state index >= 15 is 0 Å². The van der Waals surface area contributed by atoms with Crippen LogP contribution in [0.1, 0.15) is 10.4 Å². The Morgan fingerprint density at radius 3 is 2.42 bits per heavy atom. The van der Waals surface area contributed by atoms with E-state index in [4.69, 9.17) is 25.8 Å². The molecule has 0 unspecified atom stereocenters. The zero-order valence-electron chi connectivity index (χ0n) is 17.3. The fourth-order valence-corrected chi connectivity index (χ4v) is 4.99. The first kappa shape index (κ1) is 23.5. The summed E-state index contributed by atoms with van der Waals surface area (Å²) >= 11 is 7.47. The molecule has 1 fully saturated rings. The van der Waals surface area contributed by atoms with Gasteiger partial charge >= 0.3 is 0 Å². The molecule has 2 aromatic rings. The second-order valence-corrected chi connectivity index (χ2v) is 9.50. The van der Waals surface area contributed by atoms with Crippen LogP contribution in [0, 0.1) is 0 Å². The van der Waals surface area contributed by atoms with Gasteiger partial charge in [0.05, 0.1) is 48.6 Å². The number of thioether (sulfide) groups is 1. The molecule has 0 radical (unpaired) electrons. The number of anilines is 1. The Morgan fingerprint density at radius 2 is 1.81 bits per heavy atom. The number of nitrogens with one attached hydrogen (secondary N) is 1. The van der Waals surface area contributed by atoms with E-state index in [0.29, 0.717) is 42.5 Å². The molecule has 1 heterocycles. The van der Waals surface area contributed by atoms with Gasteiger partial charge in [-0.1, -0.05) is 11.6 Å². The van der Waals surface area contributed by atoms with E-state index in [1.165, 1.54) is 50.2 Å². The number of halogens is 1. The Morgan fingerprint density at radius 1 is 1.13 bits per heavy atom. The van der Waals surface area contributed by atoms with E-state index in [0.717, 1.165) is 0 Å². The molecule has 1 aliphatic heterocycles. The SMILES string of the molecule is COc1cc(NS(=O)(=O)c2ccc(SC)c(C(=O)N3CCOCC3)c2)c(OC)cc1Cl. The summed E-state index contributed by atoms with van der Waals surface area (Å²) in [6.07, 6.45) is 1.84. The third-order valence-corrected chi connectivity index (χ3v) is 7.18. The highest BCUT2D eigenvalue weighted by Crippen LogP contribution is 2.37. The lowest BCUT2D eigenvalue weighted by molar-refractivity contribution is 0.0300. The number of carbonyl (C=O) groups excluding carboxylic acids is 1. The summed E-state index contributed by atoms with van der Waals surface area (Å²) in [4.78, 5) is 15.3. The molecule has 8 nitrogen and oxygen atoms in total. The van der Waals surface area contributed by atoms with Gasteiger partial charge < -0.3 is 19.1 Å². The number of benzene rings is 2. The van der Waals surface area contributed by atoms with E-state index in [1.54, 1.807) is 11.0 Å². The highest BCUT2D eigenvalue weighted by molar-refractivity contribution is 7.98.